The standard InChI is InChI=1S/C9H15N3O2/c1-6(10)3-4-8(13)12-9-11-7(2)5-14-9/h5-6H,3-4,10H2,1-2H3,(H,11,12,13). The molecule has 0 radical (unpaired) electrons. The molecule has 1 amide bonds. The predicted molar refractivity (Wildman–Crippen MR) is 52.8 cm³/mol. The topological polar surface area (TPSA) is 81.2 Å². The third-order valence-electron chi connectivity index (χ3n) is 1.69. The summed E-state index contributed by atoms with van der Waals surface area (Å²) in [6.45, 7) is 3.66. The van der Waals surface area contributed by atoms with Gasteiger partial charge >= 0.3 is 6.01 Å². The van der Waals surface area contributed by atoms with E-state index in [1.54, 1.807) is 6.92 Å². The number of anilines is 1. The van der Waals surface area contributed by atoms with Gasteiger partial charge in [0.1, 0.15) is 6.26 Å². The van der Waals surface area contributed by atoms with Gasteiger partial charge in [-0.1, -0.05) is 0 Å². The third-order valence-corrected chi connectivity index (χ3v) is 1.69. The van der Waals surface area contributed by atoms with Crippen molar-refractivity contribution in [3.63, 3.8) is 0 Å². The average molecular weight is 197 g/mol. The first-order chi connectivity index (χ1) is 6.58. The van der Waals surface area contributed by atoms with E-state index in [1.165, 1.54) is 6.26 Å². The number of nitrogens with two attached hydrogens (primary N) is 1. The Bertz CT molecular complexity index is 307. The first-order valence-corrected chi connectivity index (χ1v) is 4.55. The molecule has 5 heteroatoms. The summed E-state index contributed by atoms with van der Waals surface area (Å²) >= 11 is 0. The fraction of sp³-hybridized carbons (Fsp3) is 0.556. The summed E-state index contributed by atoms with van der Waals surface area (Å²) in [6.07, 6.45) is 2.53. The Kier molecular flexibility index (Phi) is 3.64. The second kappa shape index (κ2) is 4.76. The van der Waals surface area contributed by atoms with Crippen LogP contribution in [0.2, 0.25) is 0 Å². The van der Waals surface area contributed by atoms with Crippen LogP contribution in [0.15, 0.2) is 10.7 Å². The zero-order valence-electron chi connectivity index (χ0n) is 8.41. The number of carbonyl (C=O) groups excluding carboxylic acids is 1. The maximum absolute atomic E-state index is 11.3. The van der Waals surface area contributed by atoms with Crippen molar-refractivity contribution in [1.82, 2.24) is 4.98 Å². The van der Waals surface area contributed by atoms with Crippen LogP contribution in [0.4, 0.5) is 6.01 Å². The van der Waals surface area contributed by atoms with Gasteiger partial charge in [0.15, 0.2) is 0 Å². The number of aryl methyl sites for hydroxylation is 1. The summed E-state index contributed by atoms with van der Waals surface area (Å²) in [5.74, 6) is -0.121. The van der Waals surface area contributed by atoms with Gasteiger partial charge in [-0.25, -0.2) is 0 Å². The van der Waals surface area contributed by atoms with Gasteiger partial charge in [0.2, 0.25) is 5.91 Å². The van der Waals surface area contributed by atoms with E-state index in [1.807, 2.05) is 6.92 Å². The fourth-order valence-corrected chi connectivity index (χ4v) is 0.952. The van der Waals surface area contributed by atoms with Crippen molar-refractivity contribution in [1.29, 1.82) is 0 Å². The molecule has 1 unspecified atom stereocenters. The number of amides is 1. The van der Waals surface area contributed by atoms with Crippen LogP contribution in [-0.2, 0) is 4.79 Å². The molecule has 14 heavy (non-hydrogen) atoms. The average Bonchev–Trinajstić information content (AvgIpc) is 2.48. The summed E-state index contributed by atoms with van der Waals surface area (Å²) in [5, 5.41) is 2.55. The molecule has 1 atom stereocenters. The molecule has 5 nitrogen and oxygen atoms in total. The molecule has 0 aromatic carbocycles. The summed E-state index contributed by atoms with van der Waals surface area (Å²) in [4.78, 5) is 15.2. The summed E-state index contributed by atoms with van der Waals surface area (Å²) in [6, 6.07) is 0.282. The van der Waals surface area contributed by atoms with Gasteiger partial charge in [0.25, 0.3) is 0 Å². The second-order valence-corrected chi connectivity index (χ2v) is 3.36. The van der Waals surface area contributed by atoms with Crippen LogP contribution in [-0.4, -0.2) is 16.9 Å². The van der Waals surface area contributed by atoms with Crippen molar-refractivity contribution >= 4 is 11.9 Å². The molecule has 0 saturated carbocycles. The summed E-state index contributed by atoms with van der Waals surface area (Å²) in [5.41, 5.74) is 6.26. The highest BCUT2D eigenvalue weighted by Gasteiger charge is 2.07. The second-order valence-electron chi connectivity index (χ2n) is 3.36. The zero-order valence-corrected chi connectivity index (χ0v) is 8.41. The summed E-state index contributed by atoms with van der Waals surface area (Å²) < 4.78 is 4.97. The maximum Gasteiger partial charge on any atom is 0.301 e. The molecule has 0 aliphatic rings. The van der Waals surface area contributed by atoms with E-state index in [0.29, 0.717) is 12.8 Å². The highest BCUT2D eigenvalue weighted by molar-refractivity contribution is 5.88. The highest BCUT2D eigenvalue weighted by atomic mass is 16.4. The van der Waals surface area contributed by atoms with Crippen molar-refractivity contribution < 1.29 is 9.21 Å². The Morgan fingerprint density at radius 3 is 3.00 bits per heavy atom. The van der Waals surface area contributed by atoms with E-state index in [2.05, 4.69) is 10.3 Å². The zero-order chi connectivity index (χ0) is 10.6. The lowest BCUT2D eigenvalue weighted by Crippen LogP contribution is -2.19. The largest absolute Gasteiger partial charge is 0.432 e. The smallest absolute Gasteiger partial charge is 0.301 e. The van der Waals surface area contributed by atoms with E-state index in [-0.39, 0.29) is 18.0 Å². The van der Waals surface area contributed by atoms with E-state index < -0.39 is 0 Å². The molecular formula is C9H15N3O2. The molecule has 0 aliphatic heterocycles. The third kappa shape index (κ3) is 3.57. The van der Waals surface area contributed by atoms with Gasteiger partial charge in [0, 0.05) is 12.5 Å². The number of hydrogen-bond donors (Lipinski definition) is 2. The Morgan fingerprint density at radius 2 is 2.50 bits per heavy atom. The molecule has 1 aromatic rings. The highest BCUT2D eigenvalue weighted by Crippen LogP contribution is 2.06. The Hall–Kier alpha value is -1.36. The van der Waals surface area contributed by atoms with Gasteiger partial charge in [-0.15, -0.1) is 0 Å². The van der Waals surface area contributed by atoms with Crippen molar-refractivity contribution in [2.45, 2.75) is 32.7 Å². The van der Waals surface area contributed by atoms with Crippen molar-refractivity contribution in [3.05, 3.63) is 12.0 Å². The molecule has 0 spiro atoms. The molecule has 3 N–H and O–H groups in total. The molecule has 0 saturated heterocycles. The lowest BCUT2D eigenvalue weighted by molar-refractivity contribution is -0.116. The van der Waals surface area contributed by atoms with Crippen LogP contribution in [0.25, 0.3) is 0 Å². The fourth-order valence-electron chi connectivity index (χ4n) is 0.952. The van der Waals surface area contributed by atoms with E-state index in [0.717, 1.165) is 5.69 Å². The molecule has 78 valence electrons. The first-order valence-electron chi connectivity index (χ1n) is 4.55. The normalized spacial score (nSPS) is 12.5. The van der Waals surface area contributed by atoms with Crippen molar-refractivity contribution in [3.8, 4) is 0 Å². The number of nitrogens with zero attached hydrogens (tertiary/aromatic N) is 1. The molecule has 0 aliphatic carbocycles. The van der Waals surface area contributed by atoms with Gasteiger partial charge in [-0.05, 0) is 20.3 Å². The quantitative estimate of drug-likeness (QED) is 0.755. The van der Waals surface area contributed by atoms with Gasteiger partial charge in [0.05, 0.1) is 5.69 Å². The SMILES string of the molecule is Cc1coc(NC(=O)CCC(C)N)n1. The minimum atomic E-state index is -0.121. The number of oxazole rings is 1. The van der Waals surface area contributed by atoms with Crippen molar-refractivity contribution in [2.24, 2.45) is 5.73 Å². The number of hydrogen-bond acceptors (Lipinski definition) is 4. The monoisotopic (exact) mass is 197 g/mol. The van der Waals surface area contributed by atoms with Crippen LogP contribution >= 0.6 is 0 Å². The number of rotatable bonds is 4. The van der Waals surface area contributed by atoms with Crippen LogP contribution in [0.5, 0.6) is 0 Å². The number of aromatic nitrogens is 1. The minimum absolute atomic E-state index is 0.0343. The van der Waals surface area contributed by atoms with E-state index in [4.69, 9.17) is 10.2 Å². The van der Waals surface area contributed by atoms with E-state index >= 15 is 0 Å². The Balaban J connectivity index is 2.34. The predicted octanol–water partition coefficient (Wildman–Crippen LogP) is 1.05. The van der Waals surface area contributed by atoms with Crippen LogP contribution < -0.4 is 11.1 Å². The van der Waals surface area contributed by atoms with Crippen LogP contribution in [0, 0.1) is 6.92 Å². The van der Waals surface area contributed by atoms with Crippen LogP contribution in [0.3, 0.4) is 0 Å². The van der Waals surface area contributed by atoms with Crippen LogP contribution in [0.1, 0.15) is 25.5 Å². The van der Waals surface area contributed by atoms with Gasteiger partial charge in [-0.3, -0.25) is 10.1 Å². The summed E-state index contributed by atoms with van der Waals surface area (Å²) in [7, 11) is 0. The Labute approximate surface area is 82.7 Å². The molecule has 1 heterocycles. The maximum atomic E-state index is 11.3. The number of carbonyl (C=O) groups is 1. The number of nitrogens with one attached hydrogen (secondary N) is 1. The first kappa shape index (κ1) is 10.7. The van der Waals surface area contributed by atoms with E-state index in [9.17, 15) is 4.79 Å². The molecule has 0 fully saturated rings. The Morgan fingerprint density at radius 1 is 1.79 bits per heavy atom. The van der Waals surface area contributed by atoms with Crippen molar-refractivity contribution in [2.75, 3.05) is 5.32 Å². The van der Waals surface area contributed by atoms with Gasteiger partial charge in [-0.2, -0.15) is 4.98 Å². The molecule has 0 bridgehead atoms. The van der Waals surface area contributed by atoms with Gasteiger partial charge < -0.3 is 10.2 Å². The molecule has 1 rings (SSSR count). The lowest BCUT2D eigenvalue weighted by atomic mass is 10.2. The lowest BCUT2D eigenvalue weighted by Gasteiger charge is -2.03. The minimum Gasteiger partial charge on any atom is -0.432 e. The molecular weight excluding hydrogens is 182 g/mol. The molecule has 1 aromatic heterocycles.